The highest BCUT2D eigenvalue weighted by molar-refractivity contribution is 5.88. The third kappa shape index (κ3) is 2.95. The molecule has 0 bridgehead atoms. The third-order valence-electron chi connectivity index (χ3n) is 5.09. The molecule has 3 aromatic rings. The normalized spacial score (nSPS) is 17.6. The zero-order chi connectivity index (χ0) is 17.6. The van der Waals surface area contributed by atoms with Crippen molar-refractivity contribution in [2.24, 2.45) is 7.05 Å². The van der Waals surface area contributed by atoms with Gasteiger partial charge in [0, 0.05) is 43.2 Å². The first-order valence-electron chi connectivity index (χ1n) is 8.75. The van der Waals surface area contributed by atoms with Gasteiger partial charge in [-0.2, -0.15) is 0 Å². The molecule has 5 heteroatoms. The number of carbonyl (C=O) groups is 1. The first-order valence-corrected chi connectivity index (χ1v) is 8.75. The van der Waals surface area contributed by atoms with E-state index >= 15 is 0 Å². The predicted molar refractivity (Wildman–Crippen MR) is 96.5 cm³/mol. The zero-order valence-electron chi connectivity index (χ0n) is 15.0. The Hall–Kier alpha value is -2.56. The van der Waals surface area contributed by atoms with Crippen molar-refractivity contribution in [1.29, 1.82) is 0 Å². The van der Waals surface area contributed by atoms with Gasteiger partial charge in [0.1, 0.15) is 11.4 Å². The summed E-state index contributed by atoms with van der Waals surface area (Å²) in [5.41, 5.74) is 4.01. The van der Waals surface area contributed by atoms with E-state index in [1.54, 1.807) is 6.26 Å². The van der Waals surface area contributed by atoms with Crippen molar-refractivity contribution in [3.8, 4) is 0 Å². The van der Waals surface area contributed by atoms with E-state index < -0.39 is 0 Å². The van der Waals surface area contributed by atoms with E-state index in [4.69, 9.17) is 4.42 Å². The molecule has 4 rings (SSSR count). The molecule has 1 atom stereocenters. The van der Waals surface area contributed by atoms with Crippen LogP contribution in [-0.4, -0.2) is 33.4 Å². The lowest BCUT2D eigenvalue weighted by Crippen LogP contribution is -2.30. The minimum absolute atomic E-state index is 0.164. The average molecular weight is 337 g/mol. The van der Waals surface area contributed by atoms with Gasteiger partial charge in [0.15, 0.2) is 0 Å². The van der Waals surface area contributed by atoms with Crippen LogP contribution < -0.4 is 0 Å². The highest BCUT2D eigenvalue weighted by Crippen LogP contribution is 2.28. The monoisotopic (exact) mass is 337 g/mol. The number of furan rings is 1. The van der Waals surface area contributed by atoms with E-state index in [-0.39, 0.29) is 5.91 Å². The maximum Gasteiger partial charge on any atom is 0.227 e. The van der Waals surface area contributed by atoms with Crippen LogP contribution in [0, 0.1) is 13.8 Å². The predicted octanol–water partition coefficient (Wildman–Crippen LogP) is 3.34. The highest BCUT2D eigenvalue weighted by Gasteiger charge is 2.30. The molecular formula is C20H23N3O2. The van der Waals surface area contributed by atoms with Crippen molar-refractivity contribution in [1.82, 2.24) is 14.5 Å². The number of fused-ring (bicyclic) bond motifs is 1. The molecule has 0 saturated carbocycles. The molecule has 1 aliphatic heterocycles. The number of carbonyl (C=O) groups excluding carboxylic acids is 1. The molecule has 5 nitrogen and oxygen atoms in total. The minimum Gasteiger partial charge on any atom is -0.464 e. The lowest BCUT2D eigenvalue weighted by atomic mass is 10.1. The Morgan fingerprint density at radius 1 is 1.36 bits per heavy atom. The summed E-state index contributed by atoms with van der Waals surface area (Å²) in [7, 11) is 2.03. The summed E-state index contributed by atoms with van der Waals surface area (Å²) in [6.45, 7) is 5.59. The van der Waals surface area contributed by atoms with Crippen LogP contribution in [0.4, 0.5) is 0 Å². The van der Waals surface area contributed by atoms with Crippen molar-refractivity contribution in [3.05, 3.63) is 53.3 Å². The molecule has 1 saturated heterocycles. The van der Waals surface area contributed by atoms with Crippen LogP contribution in [0.15, 0.2) is 35.1 Å². The largest absolute Gasteiger partial charge is 0.464 e. The Balaban J connectivity index is 1.47. The lowest BCUT2D eigenvalue weighted by molar-refractivity contribution is -0.129. The number of hydrogen-bond donors (Lipinski definition) is 0. The van der Waals surface area contributed by atoms with E-state index in [9.17, 15) is 4.79 Å². The summed E-state index contributed by atoms with van der Waals surface area (Å²) in [6.07, 6.45) is 5.13. The average Bonchev–Trinajstić information content (AvgIpc) is 3.26. The molecule has 25 heavy (non-hydrogen) atoms. The molecule has 130 valence electrons. The second-order valence-corrected chi connectivity index (χ2v) is 7.11. The Morgan fingerprint density at radius 3 is 2.96 bits per heavy atom. The second kappa shape index (κ2) is 6.06. The smallest absolute Gasteiger partial charge is 0.227 e. The molecule has 1 aliphatic rings. The number of likely N-dealkylation sites (tertiary alicyclic amines) is 1. The Morgan fingerprint density at radius 2 is 2.20 bits per heavy atom. The van der Waals surface area contributed by atoms with Crippen molar-refractivity contribution < 1.29 is 9.21 Å². The van der Waals surface area contributed by atoms with Crippen LogP contribution in [0.1, 0.15) is 35.0 Å². The first kappa shape index (κ1) is 15.9. The summed E-state index contributed by atoms with van der Waals surface area (Å²) in [5.74, 6) is 1.57. The molecule has 0 spiro atoms. The summed E-state index contributed by atoms with van der Waals surface area (Å²) < 4.78 is 7.70. The molecular weight excluding hydrogens is 314 g/mol. The molecule has 0 aliphatic carbocycles. The minimum atomic E-state index is 0.164. The number of rotatable bonds is 3. The van der Waals surface area contributed by atoms with E-state index in [1.165, 1.54) is 0 Å². The Labute approximate surface area is 147 Å². The fourth-order valence-corrected chi connectivity index (χ4v) is 3.81. The van der Waals surface area contributed by atoms with Gasteiger partial charge in [0.05, 0.1) is 18.4 Å². The van der Waals surface area contributed by atoms with Crippen LogP contribution in [-0.2, 0) is 18.3 Å². The second-order valence-electron chi connectivity index (χ2n) is 7.11. The van der Waals surface area contributed by atoms with Crippen LogP contribution in [0.3, 0.4) is 0 Å². The van der Waals surface area contributed by atoms with Gasteiger partial charge in [-0.1, -0.05) is 12.1 Å². The summed E-state index contributed by atoms with van der Waals surface area (Å²) in [4.78, 5) is 19.3. The van der Waals surface area contributed by atoms with Gasteiger partial charge in [-0.25, -0.2) is 4.98 Å². The third-order valence-corrected chi connectivity index (χ3v) is 5.09. The fourth-order valence-electron chi connectivity index (χ4n) is 3.81. The topological polar surface area (TPSA) is 51.3 Å². The SMILES string of the molecule is Cc1ccc2c(CC(=O)N3CC[C@H](c4nc(C)cn4C)C3)coc2c1. The van der Waals surface area contributed by atoms with E-state index in [2.05, 4.69) is 15.6 Å². The quantitative estimate of drug-likeness (QED) is 0.736. The van der Waals surface area contributed by atoms with Gasteiger partial charge in [-0.15, -0.1) is 0 Å². The van der Waals surface area contributed by atoms with Crippen LogP contribution in [0.25, 0.3) is 11.0 Å². The molecule has 1 amide bonds. The van der Waals surface area contributed by atoms with Crippen LogP contribution >= 0.6 is 0 Å². The van der Waals surface area contributed by atoms with Crippen LogP contribution in [0.2, 0.25) is 0 Å². The van der Waals surface area contributed by atoms with E-state index in [1.807, 2.05) is 44.1 Å². The number of aromatic nitrogens is 2. The van der Waals surface area contributed by atoms with Gasteiger partial charge in [0.25, 0.3) is 0 Å². The van der Waals surface area contributed by atoms with Crippen LogP contribution in [0.5, 0.6) is 0 Å². The van der Waals surface area contributed by atoms with Crippen molar-refractivity contribution >= 4 is 16.9 Å². The van der Waals surface area contributed by atoms with Gasteiger partial charge >= 0.3 is 0 Å². The van der Waals surface area contributed by atoms with Gasteiger partial charge in [-0.3, -0.25) is 4.79 Å². The molecule has 0 radical (unpaired) electrons. The Kier molecular flexibility index (Phi) is 3.86. The fraction of sp³-hybridized carbons (Fsp3) is 0.400. The lowest BCUT2D eigenvalue weighted by Gasteiger charge is -2.16. The molecule has 1 aromatic carbocycles. The molecule has 0 N–H and O–H groups in total. The number of imidazole rings is 1. The number of nitrogens with zero attached hydrogens (tertiary/aromatic N) is 3. The molecule has 3 heterocycles. The maximum atomic E-state index is 12.7. The van der Waals surface area contributed by atoms with Gasteiger partial charge in [0.2, 0.25) is 5.91 Å². The number of benzene rings is 1. The van der Waals surface area contributed by atoms with E-state index in [0.29, 0.717) is 12.3 Å². The molecule has 0 unspecified atom stereocenters. The van der Waals surface area contributed by atoms with E-state index in [0.717, 1.165) is 53.1 Å². The maximum absolute atomic E-state index is 12.7. The summed E-state index contributed by atoms with van der Waals surface area (Å²) in [6, 6.07) is 6.11. The van der Waals surface area contributed by atoms with Crippen molar-refractivity contribution in [3.63, 3.8) is 0 Å². The molecule has 2 aromatic heterocycles. The van der Waals surface area contributed by atoms with Crippen molar-refractivity contribution in [2.45, 2.75) is 32.6 Å². The standard InChI is InChI=1S/C20H23N3O2/c1-13-4-5-17-16(12-25-18(17)8-13)9-19(24)23-7-6-15(11-23)20-21-14(2)10-22(20)3/h4-5,8,10,12,15H,6-7,9,11H2,1-3H3/t15-/m0/s1. The number of hydrogen-bond acceptors (Lipinski definition) is 3. The Bertz CT molecular complexity index is 938. The van der Waals surface area contributed by atoms with Crippen molar-refractivity contribution in [2.75, 3.05) is 13.1 Å². The summed E-state index contributed by atoms with van der Waals surface area (Å²) >= 11 is 0. The van der Waals surface area contributed by atoms with Gasteiger partial charge < -0.3 is 13.9 Å². The first-order chi connectivity index (χ1) is 12.0. The number of amides is 1. The number of aryl methyl sites for hydroxylation is 3. The van der Waals surface area contributed by atoms with Gasteiger partial charge in [-0.05, 0) is 31.9 Å². The summed E-state index contributed by atoms with van der Waals surface area (Å²) in [5, 5.41) is 1.04. The highest BCUT2D eigenvalue weighted by atomic mass is 16.3. The molecule has 1 fully saturated rings. The zero-order valence-corrected chi connectivity index (χ0v) is 15.0.